The molecule has 1 N–H and O–H groups in total. The average molecular weight is 1030 g/mol. The number of nitrogens with zero attached hydrogens (tertiary/aromatic N) is 3. The number of imidazole rings is 1. The molecular formula is C60H56N3OPt-. The van der Waals surface area contributed by atoms with Crippen molar-refractivity contribution in [2.24, 2.45) is 0 Å². The van der Waals surface area contributed by atoms with Crippen molar-refractivity contribution in [3.8, 4) is 78.6 Å². The number of hydrogen-bond acceptors (Lipinski definition) is 3. The molecule has 0 radical (unpaired) electrons. The zero-order valence-electron chi connectivity index (χ0n) is 39.7. The topological polar surface area (TPSA) is 50.9 Å². The Bertz CT molecular complexity index is 3210. The van der Waals surface area contributed by atoms with Gasteiger partial charge in [-0.2, -0.15) is 0 Å². The first-order valence-electron chi connectivity index (χ1n) is 22.7. The second-order valence-corrected chi connectivity index (χ2v) is 19.4. The van der Waals surface area contributed by atoms with E-state index in [1.165, 1.54) is 5.56 Å². The fraction of sp³-hybridized carbons (Fsp3) is 0.200. The quantitative estimate of drug-likeness (QED) is 0.154. The van der Waals surface area contributed by atoms with Gasteiger partial charge in [0.25, 0.3) is 0 Å². The predicted molar refractivity (Wildman–Crippen MR) is 268 cm³/mol. The summed E-state index contributed by atoms with van der Waals surface area (Å²) in [6, 6.07) is 58.8. The van der Waals surface area contributed by atoms with Crippen molar-refractivity contribution in [3.05, 3.63) is 192 Å². The van der Waals surface area contributed by atoms with E-state index >= 15 is 0 Å². The standard InChI is InChI=1S/C60H56N3O.Pt/c1-38(2)44-29-46(41-19-14-11-15-20-41)34-50(33-44)63-55-22-16-21-51(56(55)62-58(63)52-36-49(59(4,5)6)37-53(57(52)64)60(7,8)9)47-30-45(40-17-12-10-13-18-40)31-48(32-47)54-35-43(27-28-61-54)42-25-23-39(3)24-26-42;/h10-31,33-38,64H,1-9H3;/q-1;/i38D;. The van der Waals surface area contributed by atoms with E-state index in [0.29, 0.717) is 11.4 Å². The summed E-state index contributed by atoms with van der Waals surface area (Å²) in [5.74, 6) is -0.0705. The number of benzene rings is 7. The molecule has 0 saturated carbocycles. The molecule has 0 aliphatic rings. The first kappa shape index (κ1) is 43.9. The van der Waals surface area contributed by atoms with E-state index in [1.54, 1.807) is 0 Å². The van der Waals surface area contributed by atoms with Crippen LogP contribution in [0.15, 0.2) is 164 Å². The van der Waals surface area contributed by atoms with Crippen LogP contribution in [0.4, 0.5) is 0 Å². The third-order valence-corrected chi connectivity index (χ3v) is 12.3. The van der Waals surface area contributed by atoms with Gasteiger partial charge in [0.15, 0.2) is 0 Å². The Hall–Kier alpha value is -6.35. The predicted octanol–water partition coefficient (Wildman–Crippen LogP) is 16.0. The number of aromatic nitrogens is 3. The SMILES string of the molecule is [2H]C(C)(C)c1cc(-c2ccccc2)cc(-n2c(-c3cc(C(C)(C)C)cc(C(C)(C)C)c3O)nc3c(-c4[c-]c(-c5cc(-c6ccc(C)cc6)ccn5)cc(-c5ccccc5)c4)cccc32)c1.[Pt]. The summed E-state index contributed by atoms with van der Waals surface area (Å²) in [6.45, 7) is 19.0. The number of pyridine rings is 1. The molecule has 0 aliphatic heterocycles. The molecule has 0 bridgehead atoms. The Balaban J connectivity index is 0.00000592. The molecule has 0 amide bonds. The summed E-state index contributed by atoms with van der Waals surface area (Å²) in [5.41, 5.74) is 16.5. The largest absolute Gasteiger partial charge is 0.507 e. The summed E-state index contributed by atoms with van der Waals surface area (Å²) in [7, 11) is 0. The van der Waals surface area contributed by atoms with E-state index < -0.39 is 5.89 Å². The number of rotatable bonds is 8. The van der Waals surface area contributed by atoms with Crippen molar-refractivity contribution in [2.45, 2.75) is 79.0 Å². The van der Waals surface area contributed by atoms with Crippen molar-refractivity contribution in [2.75, 3.05) is 0 Å². The zero-order valence-corrected chi connectivity index (χ0v) is 41.0. The minimum absolute atomic E-state index is 0. The number of fused-ring (bicyclic) bond motifs is 1. The molecule has 5 heteroatoms. The molecule has 0 aliphatic carbocycles. The van der Waals surface area contributed by atoms with Gasteiger partial charge < -0.3 is 5.11 Å². The molecule has 0 unspecified atom stereocenters. The first-order valence-corrected chi connectivity index (χ1v) is 22.2. The third kappa shape index (κ3) is 9.15. The fourth-order valence-electron chi connectivity index (χ4n) is 8.55. The molecular weight excluding hydrogens is 974 g/mol. The van der Waals surface area contributed by atoms with E-state index in [4.69, 9.17) is 9.97 Å². The monoisotopic (exact) mass is 1030 g/mol. The Labute approximate surface area is 400 Å². The van der Waals surface area contributed by atoms with Crippen LogP contribution >= 0.6 is 0 Å². The van der Waals surface area contributed by atoms with Gasteiger partial charge in [0, 0.05) is 45.6 Å². The maximum atomic E-state index is 12.5. The molecule has 65 heavy (non-hydrogen) atoms. The summed E-state index contributed by atoms with van der Waals surface area (Å²) < 4.78 is 11.5. The van der Waals surface area contributed by atoms with Crippen molar-refractivity contribution < 1.29 is 27.5 Å². The summed E-state index contributed by atoms with van der Waals surface area (Å²) in [4.78, 5) is 10.5. The van der Waals surface area contributed by atoms with E-state index in [1.807, 2.05) is 44.3 Å². The molecule has 9 aromatic rings. The Kier molecular flexibility index (Phi) is 12.1. The van der Waals surface area contributed by atoms with Crippen LogP contribution in [-0.2, 0) is 31.9 Å². The molecule has 7 aromatic carbocycles. The van der Waals surface area contributed by atoms with Gasteiger partial charge in [0.1, 0.15) is 11.6 Å². The van der Waals surface area contributed by atoms with Gasteiger partial charge in [0.2, 0.25) is 0 Å². The molecule has 2 aromatic heterocycles. The first-order chi connectivity index (χ1) is 30.9. The number of phenols is 1. The summed E-state index contributed by atoms with van der Waals surface area (Å²) in [5, 5.41) is 12.5. The zero-order chi connectivity index (χ0) is 45.8. The molecule has 4 nitrogen and oxygen atoms in total. The summed E-state index contributed by atoms with van der Waals surface area (Å²) >= 11 is 0. The Morgan fingerprint density at radius 1 is 0.600 bits per heavy atom. The number of para-hydroxylation sites is 1. The van der Waals surface area contributed by atoms with Crippen LogP contribution in [0.3, 0.4) is 0 Å². The van der Waals surface area contributed by atoms with Gasteiger partial charge in [0.05, 0.1) is 16.6 Å². The average Bonchev–Trinajstić information content (AvgIpc) is 3.68. The van der Waals surface area contributed by atoms with Crippen LogP contribution in [0.5, 0.6) is 5.75 Å². The Morgan fingerprint density at radius 2 is 1.23 bits per heavy atom. The number of phenolic OH excluding ortho intramolecular Hbond substituents is 1. The Morgan fingerprint density at radius 3 is 1.86 bits per heavy atom. The second-order valence-electron chi connectivity index (χ2n) is 19.4. The van der Waals surface area contributed by atoms with E-state index in [2.05, 4.69) is 193 Å². The van der Waals surface area contributed by atoms with Crippen LogP contribution in [0.1, 0.15) is 84.9 Å². The van der Waals surface area contributed by atoms with Crippen molar-refractivity contribution >= 4 is 11.0 Å². The minimum Gasteiger partial charge on any atom is -0.507 e. The molecule has 328 valence electrons. The van der Waals surface area contributed by atoms with Crippen molar-refractivity contribution in [1.29, 1.82) is 0 Å². The van der Waals surface area contributed by atoms with Crippen LogP contribution in [0, 0.1) is 13.0 Å². The molecule has 0 saturated heterocycles. The van der Waals surface area contributed by atoms with Gasteiger partial charge in [-0.05, 0) is 92.9 Å². The summed E-state index contributed by atoms with van der Waals surface area (Å²) in [6.07, 6.45) is 1.88. The molecule has 0 atom stereocenters. The van der Waals surface area contributed by atoms with Crippen LogP contribution in [-0.4, -0.2) is 19.6 Å². The molecule has 9 rings (SSSR count). The van der Waals surface area contributed by atoms with Crippen molar-refractivity contribution in [3.63, 3.8) is 0 Å². The van der Waals surface area contributed by atoms with Gasteiger partial charge in [-0.15, -0.1) is 23.8 Å². The molecule has 0 spiro atoms. The van der Waals surface area contributed by atoms with Gasteiger partial charge >= 0.3 is 0 Å². The maximum Gasteiger partial charge on any atom is 0.148 e. The van der Waals surface area contributed by atoms with Crippen LogP contribution in [0.25, 0.3) is 83.9 Å². The number of aryl methyl sites for hydroxylation is 1. The van der Waals surface area contributed by atoms with Gasteiger partial charge in [-0.25, -0.2) is 4.98 Å². The van der Waals surface area contributed by atoms with E-state index in [0.717, 1.165) is 89.2 Å². The minimum atomic E-state index is -0.900. The number of aromatic hydroxyl groups is 1. The van der Waals surface area contributed by atoms with Crippen LogP contribution < -0.4 is 0 Å². The molecule has 2 heterocycles. The van der Waals surface area contributed by atoms with E-state index in [9.17, 15) is 6.48 Å². The fourth-order valence-corrected chi connectivity index (χ4v) is 8.55. The maximum absolute atomic E-state index is 12.5. The van der Waals surface area contributed by atoms with Crippen molar-refractivity contribution in [1.82, 2.24) is 14.5 Å². The molecule has 0 fully saturated rings. The van der Waals surface area contributed by atoms with Gasteiger partial charge in [-0.3, -0.25) is 9.55 Å². The van der Waals surface area contributed by atoms with Gasteiger partial charge in [-0.1, -0.05) is 193 Å². The second kappa shape index (κ2) is 17.9. The normalized spacial score (nSPS) is 12.2. The van der Waals surface area contributed by atoms with Crippen LogP contribution in [0.2, 0.25) is 0 Å². The smallest absolute Gasteiger partial charge is 0.148 e. The number of hydrogen-bond donors (Lipinski definition) is 1. The van der Waals surface area contributed by atoms with E-state index in [-0.39, 0.29) is 37.6 Å². The third-order valence-electron chi connectivity index (χ3n) is 12.3.